The first kappa shape index (κ1) is 11.8. The zero-order valence-corrected chi connectivity index (χ0v) is 9.51. The molecule has 0 aliphatic carbocycles. The number of nitrogens with zero attached hydrogens (tertiary/aromatic N) is 1. The molecule has 0 bridgehead atoms. The van der Waals surface area contributed by atoms with Crippen LogP contribution in [0.25, 0.3) is 0 Å². The third-order valence-electron chi connectivity index (χ3n) is 2.19. The Bertz CT molecular complexity index is 511. The smallest absolute Gasteiger partial charge is 0.147 e. The minimum atomic E-state index is -0.443. The van der Waals surface area contributed by atoms with Crippen molar-refractivity contribution in [1.82, 2.24) is 4.98 Å². The molecular weight excluding hydrogens is 246 g/mol. The quantitative estimate of drug-likeness (QED) is 0.905. The van der Waals surface area contributed by atoms with E-state index in [1.165, 1.54) is 24.4 Å². The molecule has 88 valence electrons. The van der Waals surface area contributed by atoms with E-state index in [0.29, 0.717) is 5.56 Å². The summed E-state index contributed by atoms with van der Waals surface area (Å²) in [6.45, 7) is 0.255. The van der Waals surface area contributed by atoms with Gasteiger partial charge in [0, 0.05) is 12.7 Å². The molecular formula is C12H9ClF2N2. The van der Waals surface area contributed by atoms with Crippen molar-refractivity contribution in [3.63, 3.8) is 0 Å². The average Bonchev–Trinajstić information content (AvgIpc) is 2.28. The largest absolute Gasteiger partial charge is 0.377 e. The second-order valence-electron chi connectivity index (χ2n) is 3.46. The van der Waals surface area contributed by atoms with E-state index in [2.05, 4.69) is 10.3 Å². The van der Waals surface area contributed by atoms with E-state index in [0.717, 1.165) is 6.20 Å². The van der Waals surface area contributed by atoms with Crippen LogP contribution in [0, 0.1) is 11.6 Å². The van der Waals surface area contributed by atoms with Gasteiger partial charge in [-0.05, 0) is 23.8 Å². The maximum atomic E-state index is 13.4. The maximum Gasteiger partial charge on any atom is 0.147 e. The Morgan fingerprint density at radius 3 is 2.76 bits per heavy atom. The minimum absolute atomic E-state index is 0.207. The Balaban J connectivity index is 2.13. The summed E-state index contributed by atoms with van der Waals surface area (Å²) in [4.78, 5) is 3.70. The zero-order chi connectivity index (χ0) is 12.3. The van der Waals surface area contributed by atoms with Crippen LogP contribution < -0.4 is 5.32 Å². The van der Waals surface area contributed by atoms with Crippen molar-refractivity contribution in [2.45, 2.75) is 6.54 Å². The van der Waals surface area contributed by atoms with Crippen LogP contribution in [0.4, 0.5) is 14.5 Å². The molecule has 0 amide bonds. The summed E-state index contributed by atoms with van der Waals surface area (Å²) in [5, 5.41) is 3.10. The minimum Gasteiger partial charge on any atom is -0.377 e. The monoisotopic (exact) mass is 254 g/mol. The van der Waals surface area contributed by atoms with Crippen molar-refractivity contribution in [2.75, 3.05) is 5.32 Å². The molecule has 0 saturated carbocycles. The Hall–Kier alpha value is -1.68. The molecule has 1 N–H and O–H groups in total. The molecule has 1 aromatic carbocycles. The van der Waals surface area contributed by atoms with Gasteiger partial charge in [0.2, 0.25) is 0 Å². The molecule has 17 heavy (non-hydrogen) atoms. The Morgan fingerprint density at radius 2 is 2.06 bits per heavy atom. The second-order valence-corrected chi connectivity index (χ2v) is 3.87. The fraction of sp³-hybridized carbons (Fsp3) is 0.0833. The number of para-hydroxylation sites is 1. The van der Waals surface area contributed by atoms with Crippen LogP contribution in [0.5, 0.6) is 0 Å². The third kappa shape index (κ3) is 2.91. The first-order chi connectivity index (χ1) is 8.16. The van der Waals surface area contributed by atoms with Gasteiger partial charge >= 0.3 is 0 Å². The highest BCUT2D eigenvalue weighted by Gasteiger charge is 2.06. The van der Waals surface area contributed by atoms with Crippen LogP contribution in [-0.2, 0) is 6.54 Å². The Kier molecular flexibility index (Phi) is 3.54. The van der Waals surface area contributed by atoms with Crippen LogP contribution in [0.3, 0.4) is 0 Å². The number of pyridine rings is 1. The first-order valence-corrected chi connectivity index (χ1v) is 5.32. The molecule has 0 aliphatic heterocycles. The van der Waals surface area contributed by atoms with Gasteiger partial charge in [0.15, 0.2) is 0 Å². The zero-order valence-electron chi connectivity index (χ0n) is 8.75. The molecule has 2 rings (SSSR count). The van der Waals surface area contributed by atoms with Gasteiger partial charge in [-0.15, -0.1) is 0 Å². The normalized spacial score (nSPS) is 10.3. The van der Waals surface area contributed by atoms with Gasteiger partial charge in [-0.3, -0.25) is 4.98 Å². The molecule has 2 aromatic rings. The van der Waals surface area contributed by atoms with E-state index >= 15 is 0 Å². The van der Waals surface area contributed by atoms with Crippen LogP contribution in [0.2, 0.25) is 5.02 Å². The second kappa shape index (κ2) is 5.10. The van der Waals surface area contributed by atoms with Crippen LogP contribution in [0.1, 0.15) is 5.56 Å². The lowest BCUT2D eigenvalue weighted by atomic mass is 10.2. The van der Waals surface area contributed by atoms with E-state index in [1.807, 2.05) is 0 Å². The lowest BCUT2D eigenvalue weighted by Crippen LogP contribution is -2.02. The molecule has 0 unspecified atom stereocenters. The molecule has 0 atom stereocenters. The van der Waals surface area contributed by atoms with E-state index < -0.39 is 11.6 Å². The molecule has 1 heterocycles. The Morgan fingerprint density at radius 1 is 1.24 bits per heavy atom. The van der Waals surface area contributed by atoms with Gasteiger partial charge in [-0.1, -0.05) is 17.7 Å². The fourth-order valence-corrected chi connectivity index (χ4v) is 1.64. The van der Waals surface area contributed by atoms with Gasteiger partial charge in [-0.2, -0.15) is 0 Å². The average molecular weight is 255 g/mol. The molecule has 0 saturated heterocycles. The number of halogens is 3. The predicted molar refractivity (Wildman–Crippen MR) is 62.9 cm³/mol. The number of hydrogen-bond donors (Lipinski definition) is 1. The van der Waals surface area contributed by atoms with Crippen molar-refractivity contribution in [3.8, 4) is 0 Å². The number of nitrogens with one attached hydrogen (secondary N) is 1. The molecule has 1 aromatic heterocycles. The van der Waals surface area contributed by atoms with Crippen LogP contribution >= 0.6 is 11.6 Å². The van der Waals surface area contributed by atoms with Crippen LogP contribution in [-0.4, -0.2) is 4.98 Å². The van der Waals surface area contributed by atoms with Crippen molar-refractivity contribution < 1.29 is 8.78 Å². The Labute approximate surface area is 102 Å². The van der Waals surface area contributed by atoms with Crippen molar-refractivity contribution in [2.24, 2.45) is 0 Å². The van der Waals surface area contributed by atoms with E-state index in [-0.39, 0.29) is 17.3 Å². The number of anilines is 1. The molecule has 0 radical (unpaired) electrons. The molecule has 0 fully saturated rings. The highest BCUT2D eigenvalue weighted by molar-refractivity contribution is 6.33. The number of hydrogen-bond acceptors (Lipinski definition) is 2. The van der Waals surface area contributed by atoms with Crippen molar-refractivity contribution >= 4 is 17.3 Å². The first-order valence-electron chi connectivity index (χ1n) is 4.94. The van der Waals surface area contributed by atoms with Gasteiger partial charge in [0.1, 0.15) is 11.6 Å². The number of rotatable bonds is 3. The lowest BCUT2D eigenvalue weighted by Gasteiger charge is -2.09. The van der Waals surface area contributed by atoms with E-state index in [1.54, 1.807) is 6.07 Å². The topological polar surface area (TPSA) is 24.9 Å². The summed E-state index contributed by atoms with van der Waals surface area (Å²) >= 11 is 5.83. The summed E-state index contributed by atoms with van der Waals surface area (Å²) in [6, 6.07) is 5.73. The molecule has 0 spiro atoms. The predicted octanol–water partition coefficient (Wildman–Crippen LogP) is 3.63. The number of aromatic nitrogens is 1. The fourth-order valence-electron chi connectivity index (χ4n) is 1.41. The molecule has 2 nitrogen and oxygen atoms in total. The summed E-state index contributed by atoms with van der Waals surface area (Å²) in [6.07, 6.45) is 2.62. The third-order valence-corrected chi connectivity index (χ3v) is 2.51. The van der Waals surface area contributed by atoms with Gasteiger partial charge < -0.3 is 5.32 Å². The highest BCUT2D eigenvalue weighted by atomic mass is 35.5. The van der Waals surface area contributed by atoms with Crippen LogP contribution in [0.15, 0.2) is 36.7 Å². The molecule has 0 aliphatic rings. The maximum absolute atomic E-state index is 13.4. The molecule has 5 heteroatoms. The van der Waals surface area contributed by atoms with Gasteiger partial charge in [0.25, 0.3) is 0 Å². The van der Waals surface area contributed by atoms with Crippen molar-refractivity contribution in [1.29, 1.82) is 0 Å². The summed E-state index contributed by atoms with van der Waals surface area (Å²) in [5.41, 5.74) is 0.822. The van der Waals surface area contributed by atoms with Gasteiger partial charge in [-0.25, -0.2) is 8.78 Å². The standard InChI is InChI=1S/C12H9ClF2N2/c13-10-2-1-3-11(15)12(10)17-6-8-4-9(14)7-16-5-8/h1-5,7,17H,6H2. The van der Waals surface area contributed by atoms with Crippen molar-refractivity contribution in [3.05, 3.63) is 58.9 Å². The lowest BCUT2D eigenvalue weighted by molar-refractivity contribution is 0.618. The summed E-state index contributed by atoms with van der Waals surface area (Å²) in [7, 11) is 0. The summed E-state index contributed by atoms with van der Waals surface area (Å²) < 4.78 is 26.3. The summed E-state index contributed by atoms with van der Waals surface area (Å²) in [5.74, 6) is -0.870. The SMILES string of the molecule is Fc1cncc(CNc2c(F)cccc2Cl)c1. The number of benzene rings is 1. The van der Waals surface area contributed by atoms with E-state index in [4.69, 9.17) is 11.6 Å². The highest BCUT2D eigenvalue weighted by Crippen LogP contribution is 2.24. The van der Waals surface area contributed by atoms with Gasteiger partial charge in [0.05, 0.1) is 16.9 Å². The van der Waals surface area contributed by atoms with E-state index in [9.17, 15) is 8.78 Å².